The molecule has 5 N–H and O–H groups in total. The summed E-state index contributed by atoms with van der Waals surface area (Å²) in [6, 6.07) is 0. The fraction of sp³-hybridized carbons (Fsp3) is 0.600. The minimum absolute atomic E-state index is 0.226. The number of carboxylic acids is 1. The van der Waals surface area contributed by atoms with Gasteiger partial charge in [-0.05, 0) is 20.3 Å². The first-order valence-electron chi connectivity index (χ1n) is 5.05. The van der Waals surface area contributed by atoms with E-state index in [1.165, 1.54) is 6.92 Å². The van der Waals surface area contributed by atoms with E-state index in [9.17, 15) is 13.6 Å². The molecule has 0 aromatic rings. The second kappa shape index (κ2) is 6.29. The minimum Gasteiger partial charge on any atom is -0.480 e. The van der Waals surface area contributed by atoms with E-state index in [4.69, 9.17) is 16.2 Å². The molecule has 7 heteroatoms. The molecule has 17 heavy (non-hydrogen) atoms. The molecule has 0 aliphatic carbocycles. The summed E-state index contributed by atoms with van der Waals surface area (Å²) >= 11 is 0. The number of hydrogen-bond donors (Lipinski definition) is 4. The highest BCUT2D eigenvalue weighted by atomic mass is 19.2. The highest BCUT2D eigenvalue weighted by molar-refractivity contribution is 5.81. The van der Waals surface area contributed by atoms with Crippen LogP contribution in [0.5, 0.6) is 0 Å². The third-order valence-electron chi connectivity index (χ3n) is 2.10. The first kappa shape index (κ1) is 15.5. The summed E-state index contributed by atoms with van der Waals surface area (Å²) in [5, 5.41) is 18.3. The van der Waals surface area contributed by atoms with Crippen LogP contribution < -0.4 is 11.1 Å². The smallest absolute Gasteiger partial charge is 0.330 e. The van der Waals surface area contributed by atoms with E-state index in [0.717, 1.165) is 6.92 Å². The first-order valence-corrected chi connectivity index (χ1v) is 5.05. The number of carboxylic acid groups (broad SMARTS) is 1. The fourth-order valence-electron chi connectivity index (χ4n) is 1.00. The van der Waals surface area contributed by atoms with Gasteiger partial charge in [0.15, 0.2) is 11.4 Å². The Morgan fingerprint density at radius 2 is 2.06 bits per heavy atom. The van der Waals surface area contributed by atoms with E-state index in [0.29, 0.717) is 6.54 Å². The molecule has 0 aliphatic heterocycles. The zero-order chi connectivity index (χ0) is 13.6. The van der Waals surface area contributed by atoms with Gasteiger partial charge >= 0.3 is 5.97 Å². The largest absolute Gasteiger partial charge is 0.480 e. The first-order chi connectivity index (χ1) is 7.69. The monoisotopic (exact) mass is 249 g/mol. The van der Waals surface area contributed by atoms with Gasteiger partial charge in [-0.3, -0.25) is 5.41 Å². The Labute approximate surface area is 98.2 Å². The van der Waals surface area contributed by atoms with E-state index >= 15 is 0 Å². The van der Waals surface area contributed by atoms with Gasteiger partial charge in [-0.15, -0.1) is 0 Å². The van der Waals surface area contributed by atoms with Gasteiger partial charge in [-0.1, -0.05) is 0 Å². The van der Waals surface area contributed by atoms with E-state index in [2.05, 4.69) is 5.32 Å². The molecule has 0 heterocycles. The maximum absolute atomic E-state index is 13.3. The number of allylic oxidation sites excluding steroid dienone is 1. The molecule has 0 aromatic heterocycles. The topological polar surface area (TPSA) is 99.2 Å². The lowest BCUT2D eigenvalue weighted by Crippen LogP contribution is -2.46. The number of amidine groups is 1. The molecule has 5 nitrogen and oxygen atoms in total. The van der Waals surface area contributed by atoms with Crippen LogP contribution in [0.4, 0.5) is 8.78 Å². The summed E-state index contributed by atoms with van der Waals surface area (Å²) in [7, 11) is 0. The van der Waals surface area contributed by atoms with Gasteiger partial charge in [0.2, 0.25) is 0 Å². The number of rotatable bonds is 6. The van der Waals surface area contributed by atoms with Crippen molar-refractivity contribution in [3.63, 3.8) is 0 Å². The molecule has 98 valence electrons. The Kier molecular flexibility index (Phi) is 5.73. The molecule has 1 atom stereocenters. The Hall–Kier alpha value is -1.50. The summed E-state index contributed by atoms with van der Waals surface area (Å²) in [4.78, 5) is 10.6. The van der Waals surface area contributed by atoms with Gasteiger partial charge in [-0.25, -0.2) is 13.6 Å². The van der Waals surface area contributed by atoms with Crippen molar-refractivity contribution in [1.29, 1.82) is 5.41 Å². The summed E-state index contributed by atoms with van der Waals surface area (Å²) in [6.45, 7) is 2.72. The Balaban J connectivity index is 4.41. The van der Waals surface area contributed by atoms with Crippen molar-refractivity contribution in [3.8, 4) is 0 Å². The third kappa shape index (κ3) is 4.90. The Morgan fingerprint density at radius 1 is 1.53 bits per heavy atom. The van der Waals surface area contributed by atoms with Gasteiger partial charge < -0.3 is 16.2 Å². The van der Waals surface area contributed by atoms with Crippen LogP contribution >= 0.6 is 0 Å². The summed E-state index contributed by atoms with van der Waals surface area (Å²) in [5.74, 6) is -4.03. The maximum atomic E-state index is 13.3. The van der Waals surface area contributed by atoms with Crippen molar-refractivity contribution in [1.82, 2.24) is 5.32 Å². The lowest BCUT2D eigenvalue weighted by Gasteiger charge is -2.17. The summed E-state index contributed by atoms with van der Waals surface area (Å²) in [5.41, 5.74) is 2.80. The quantitative estimate of drug-likeness (QED) is 0.324. The lowest BCUT2D eigenvalue weighted by molar-refractivity contribution is -0.141. The fourth-order valence-corrected chi connectivity index (χ4v) is 1.00. The average molecular weight is 249 g/mol. The molecular weight excluding hydrogens is 232 g/mol. The number of carbonyl (C=O) groups is 1. The van der Waals surface area contributed by atoms with Crippen LogP contribution in [0.2, 0.25) is 0 Å². The van der Waals surface area contributed by atoms with Crippen molar-refractivity contribution in [2.45, 2.75) is 32.2 Å². The zero-order valence-electron chi connectivity index (χ0n) is 9.81. The van der Waals surface area contributed by atoms with Crippen LogP contribution in [-0.2, 0) is 4.79 Å². The maximum Gasteiger partial charge on any atom is 0.330 e. The number of nitrogens with one attached hydrogen (secondary N) is 2. The molecule has 0 saturated heterocycles. The summed E-state index contributed by atoms with van der Waals surface area (Å²) in [6.07, 6.45) is -0.0165. The molecule has 0 amide bonds. The van der Waals surface area contributed by atoms with Crippen LogP contribution in [0.15, 0.2) is 11.7 Å². The minimum atomic E-state index is -2.34. The summed E-state index contributed by atoms with van der Waals surface area (Å²) < 4.78 is 26.6. The van der Waals surface area contributed by atoms with Crippen molar-refractivity contribution in [2.24, 2.45) is 5.73 Å². The molecule has 0 aliphatic rings. The van der Waals surface area contributed by atoms with Gasteiger partial charge in [-0.2, -0.15) is 0 Å². The molecule has 0 bridgehead atoms. The zero-order valence-corrected chi connectivity index (χ0v) is 9.81. The highest BCUT2D eigenvalue weighted by Gasteiger charge is 2.36. The highest BCUT2D eigenvalue weighted by Crippen LogP contribution is 2.23. The van der Waals surface area contributed by atoms with E-state index in [1.54, 1.807) is 0 Å². The average Bonchev–Trinajstić information content (AvgIpc) is 2.22. The second-order valence-electron chi connectivity index (χ2n) is 3.88. The van der Waals surface area contributed by atoms with Crippen molar-refractivity contribution in [2.75, 3.05) is 6.54 Å². The number of hydrogen-bond acceptors (Lipinski definition) is 3. The van der Waals surface area contributed by atoms with Gasteiger partial charge in [0.05, 0.1) is 5.84 Å². The molecule has 1 unspecified atom stereocenters. The Bertz CT molecular complexity index is 340. The number of nitrogens with two attached hydrogens (primary N) is 1. The Morgan fingerprint density at radius 3 is 2.47 bits per heavy atom. The lowest BCUT2D eigenvalue weighted by atomic mass is 10.0. The molecule has 0 radical (unpaired) electrons. The predicted molar refractivity (Wildman–Crippen MR) is 60.1 cm³/mol. The van der Waals surface area contributed by atoms with Gasteiger partial charge in [0, 0.05) is 13.0 Å². The van der Waals surface area contributed by atoms with Crippen LogP contribution in [0.1, 0.15) is 26.7 Å². The van der Waals surface area contributed by atoms with Crippen molar-refractivity contribution < 1.29 is 18.7 Å². The SMILES string of the molecule is CC(=N)NCCCC(F)=C(F)C(C)(N)C(=O)O. The van der Waals surface area contributed by atoms with Crippen LogP contribution in [-0.4, -0.2) is 29.0 Å². The van der Waals surface area contributed by atoms with E-state index in [-0.39, 0.29) is 18.7 Å². The van der Waals surface area contributed by atoms with Crippen molar-refractivity contribution in [3.05, 3.63) is 11.7 Å². The van der Waals surface area contributed by atoms with Gasteiger partial charge in [0.25, 0.3) is 0 Å². The number of aliphatic carboxylic acids is 1. The molecule has 0 saturated carbocycles. The van der Waals surface area contributed by atoms with Crippen LogP contribution in [0, 0.1) is 5.41 Å². The van der Waals surface area contributed by atoms with Crippen LogP contribution in [0.25, 0.3) is 0 Å². The second-order valence-corrected chi connectivity index (χ2v) is 3.88. The third-order valence-corrected chi connectivity index (χ3v) is 2.10. The molecular formula is C10H17F2N3O2. The van der Waals surface area contributed by atoms with Crippen molar-refractivity contribution >= 4 is 11.8 Å². The van der Waals surface area contributed by atoms with Gasteiger partial charge in [0.1, 0.15) is 5.83 Å². The molecule has 0 aromatic carbocycles. The van der Waals surface area contributed by atoms with E-state index < -0.39 is 23.2 Å². The van der Waals surface area contributed by atoms with Crippen LogP contribution in [0.3, 0.4) is 0 Å². The van der Waals surface area contributed by atoms with E-state index in [1.807, 2.05) is 0 Å². The molecule has 0 rings (SSSR count). The number of halogens is 2. The standard InChI is InChI=1S/C10H17F2N3O2/c1-6(13)15-5-3-4-7(11)8(12)10(2,14)9(16)17/h3-5,14H2,1-2H3,(H2,13,15)(H,16,17). The molecule has 0 fully saturated rings. The predicted octanol–water partition coefficient (Wildman–Crippen LogP) is 1.31. The molecule has 0 spiro atoms. The normalized spacial score (nSPS) is 15.8.